The van der Waals surface area contributed by atoms with Crippen LogP contribution in [0.1, 0.15) is 17.2 Å². The van der Waals surface area contributed by atoms with Crippen LogP contribution in [0.15, 0.2) is 64.0 Å². The molecule has 0 heterocycles. The van der Waals surface area contributed by atoms with Gasteiger partial charge in [0.05, 0.1) is 10.1 Å². The molecular formula is C15H16BrNO2S. The molecule has 106 valence electrons. The van der Waals surface area contributed by atoms with E-state index in [4.69, 9.17) is 5.73 Å². The number of hydrogen-bond donors (Lipinski definition) is 1. The Kier molecular flexibility index (Phi) is 4.96. The second-order valence-corrected chi connectivity index (χ2v) is 7.53. The van der Waals surface area contributed by atoms with Crippen LogP contribution in [-0.4, -0.2) is 15.0 Å². The molecule has 2 aromatic carbocycles. The molecule has 2 N–H and O–H groups in total. The van der Waals surface area contributed by atoms with Crippen LogP contribution in [0.2, 0.25) is 0 Å². The first-order valence-corrected chi connectivity index (χ1v) is 8.64. The molecule has 1 unspecified atom stereocenters. The van der Waals surface area contributed by atoms with Crippen molar-refractivity contribution in [2.24, 2.45) is 5.73 Å². The van der Waals surface area contributed by atoms with E-state index >= 15 is 0 Å². The van der Waals surface area contributed by atoms with E-state index in [2.05, 4.69) is 15.9 Å². The van der Waals surface area contributed by atoms with Crippen LogP contribution in [0.25, 0.3) is 0 Å². The van der Waals surface area contributed by atoms with Crippen molar-refractivity contribution in [1.29, 1.82) is 0 Å². The van der Waals surface area contributed by atoms with E-state index in [0.29, 0.717) is 17.9 Å². The van der Waals surface area contributed by atoms with Crippen LogP contribution in [0.4, 0.5) is 0 Å². The van der Waals surface area contributed by atoms with Crippen molar-refractivity contribution in [3.8, 4) is 0 Å². The number of hydrogen-bond acceptors (Lipinski definition) is 3. The van der Waals surface area contributed by atoms with Gasteiger partial charge in [0.1, 0.15) is 0 Å². The molecule has 3 nitrogen and oxygen atoms in total. The second kappa shape index (κ2) is 6.52. The van der Waals surface area contributed by atoms with Gasteiger partial charge in [0.2, 0.25) is 0 Å². The highest BCUT2D eigenvalue weighted by Gasteiger charge is 2.28. The minimum absolute atomic E-state index is 0.314. The van der Waals surface area contributed by atoms with Gasteiger partial charge in [-0.1, -0.05) is 52.3 Å². The largest absolute Gasteiger partial charge is 0.330 e. The van der Waals surface area contributed by atoms with E-state index in [-0.39, 0.29) is 0 Å². The van der Waals surface area contributed by atoms with E-state index in [1.807, 2.05) is 30.3 Å². The van der Waals surface area contributed by atoms with Gasteiger partial charge in [-0.3, -0.25) is 0 Å². The fourth-order valence-electron chi connectivity index (χ4n) is 2.13. The molecule has 0 bridgehead atoms. The standard InChI is InChI=1S/C15H16BrNO2S/c16-13-7-4-8-14(11-13)20(18,19)15(9-10-17)12-5-2-1-3-6-12/h1-8,11,15H,9-10,17H2. The van der Waals surface area contributed by atoms with E-state index in [1.54, 1.807) is 24.3 Å². The Bertz CT molecular complexity index is 671. The van der Waals surface area contributed by atoms with Crippen LogP contribution < -0.4 is 5.73 Å². The summed E-state index contributed by atoms with van der Waals surface area (Å²) in [5, 5.41) is -0.608. The lowest BCUT2D eigenvalue weighted by Crippen LogP contribution is -2.17. The Labute approximate surface area is 127 Å². The van der Waals surface area contributed by atoms with Crippen molar-refractivity contribution in [3.63, 3.8) is 0 Å². The molecule has 0 fully saturated rings. The second-order valence-electron chi connectivity index (χ2n) is 4.48. The summed E-state index contributed by atoms with van der Waals surface area (Å²) in [4.78, 5) is 0.314. The number of nitrogens with two attached hydrogens (primary N) is 1. The Morgan fingerprint density at radius 1 is 1.05 bits per heavy atom. The molecule has 0 radical (unpaired) electrons. The predicted octanol–water partition coefficient (Wildman–Crippen LogP) is 3.31. The first-order valence-electron chi connectivity index (χ1n) is 6.30. The molecule has 0 amide bonds. The monoisotopic (exact) mass is 353 g/mol. The average molecular weight is 354 g/mol. The van der Waals surface area contributed by atoms with Gasteiger partial charge < -0.3 is 5.73 Å². The maximum atomic E-state index is 12.8. The summed E-state index contributed by atoms with van der Waals surface area (Å²) in [6.07, 6.45) is 0.402. The van der Waals surface area contributed by atoms with E-state index in [0.717, 1.165) is 10.0 Å². The predicted molar refractivity (Wildman–Crippen MR) is 84.2 cm³/mol. The number of sulfone groups is 1. The van der Waals surface area contributed by atoms with E-state index in [1.165, 1.54) is 0 Å². The third-order valence-corrected chi connectivity index (χ3v) is 5.76. The van der Waals surface area contributed by atoms with Gasteiger partial charge in [-0.05, 0) is 36.7 Å². The molecule has 20 heavy (non-hydrogen) atoms. The Morgan fingerprint density at radius 3 is 2.35 bits per heavy atom. The van der Waals surface area contributed by atoms with Gasteiger partial charge in [-0.2, -0.15) is 0 Å². The fraction of sp³-hybridized carbons (Fsp3) is 0.200. The Balaban J connectivity index is 2.48. The summed E-state index contributed by atoms with van der Waals surface area (Å²) in [6, 6.07) is 16.0. The zero-order valence-corrected chi connectivity index (χ0v) is 13.3. The van der Waals surface area contributed by atoms with Gasteiger partial charge in [0, 0.05) is 4.47 Å². The zero-order valence-electron chi connectivity index (χ0n) is 10.9. The summed E-state index contributed by atoms with van der Waals surface area (Å²) in [6.45, 7) is 0.326. The van der Waals surface area contributed by atoms with Crippen molar-refractivity contribution < 1.29 is 8.42 Å². The molecule has 0 aliphatic carbocycles. The maximum absolute atomic E-state index is 12.8. The van der Waals surface area contributed by atoms with Gasteiger partial charge >= 0.3 is 0 Å². The molecule has 0 spiro atoms. The maximum Gasteiger partial charge on any atom is 0.185 e. The first-order chi connectivity index (χ1) is 9.55. The van der Waals surface area contributed by atoms with E-state index < -0.39 is 15.1 Å². The topological polar surface area (TPSA) is 60.2 Å². The fourth-order valence-corrected chi connectivity index (χ4v) is 4.53. The lowest BCUT2D eigenvalue weighted by molar-refractivity contribution is 0.576. The van der Waals surface area contributed by atoms with E-state index in [9.17, 15) is 8.42 Å². The van der Waals surface area contributed by atoms with Crippen molar-refractivity contribution in [2.45, 2.75) is 16.6 Å². The molecule has 0 aliphatic heterocycles. The zero-order chi connectivity index (χ0) is 14.6. The lowest BCUT2D eigenvalue weighted by atomic mass is 10.1. The molecule has 0 aliphatic rings. The highest BCUT2D eigenvalue weighted by molar-refractivity contribution is 9.10. The highest BCUT2D eigenvalue weighted by Crippen LogP contribution is 2.32. The lowest BCUT2D eigenvalue weighted by Gasteiger charge is -2.17. The van der Waals surface area contributed by atoms with Crippen molar-refractivity contribution in [1.82, 2.24) is 0 Å². The van der Waals surface area contributed by atoms with Gasteiger partial charge in [-0.25, -0.2) is 8.42 Å². The Morgan fingerprint density at radius 2 is 1.75 bits per heavy atom. The molecule has 2 aromatic rings. The van der Waals surface area contributed by atoms with Crippen LogP contribution in [0.5, 0.6) is 0 Å². The van der Waals surface area contributed by atoms with Crippen LogP contribution in [0.3, 0.4) is 0 Å². The smallest absolute Gasteiger partial charge is 0.185 e. The third-order valence-electron chi connectivity index (χ3n) is 3.10. The molecule has 1 atom stereocenters. The van der Waals surface area contributed by atoms with Crippen molar-refractivity contribution in [3.05, 3.63) is 64.6 Å². The van der Waals surface area contributed by atoms with Crippen LogP contribution in [0, 0.1) is 0 Å². The quantitative estimate of drug-likeness (QED) is 0.896. The van der Waals surface area contributed by atoms with Gasteiger partial charge in [0.15, 0.2) is 9.84 Å². The number of benzene rings is 2. The first kappa shape index (κ1) is 15.2. The molecule has 2 rings (SSSR count). The minimum atomic E-state index is -3.45. The molecule has 0 saturated carbocycles. The Hall–Kier alpha value is -1.17. The normalized spacial score (nSPS) is 13.1. The van der Waals surface area contributed by atoms with Crippen LogP contribution in [-0.2, 0) is 9.84 Å². The summed E-state index contributed by atoms with van der Waals surface area (Å²) >= 11 is 3.31. The summed E-state index contributed by atoms with van der Waals surface area (Å²) in [5.74, 6) is 0. The molecule has 5 heteroatoms. The molecular weight excluding hydrogens is 338 g/mol. The number of rotatable bonds is 5. The van der Waals surface area contributed by atoms with Crippen molar-refractivity contribution >= 4 is 25.8 Å². The van der Waals surface area contributed by atoms with Crippen LogP contribution >= 0.6 is 15.9 Å². The average Bonchev–Trinajstić information content (AvgIpc) is 2.45. The number of halogens is 1. The van der Waals surface area contributed by atoms with Gasteiger partial charge in [0.25, 0.3) is 0 Å². The minimum Gasteiger partial charge on any atom is -0.330 e. The highest BCUT2D eigenvalue weighted by atomic mass is 79.9. The SMILES string of the molecule is NCCC(c1ccccc1)S(=O)(=O)c1cccc(Br)c1. The summed E-state index contributed by atoms with van der Waals surface area (Å²) in [5.41, 5.74) is 6.37. The molecule has 0 aromatic heterocycles. The van der Waals surface area contributed by atoms with Gasteiger partial charge in [-0.15, -0.1) is 0 Å². The summed E-state index contributed by atoms with van der Waals surface area (Å²) < 4.78 is 26.3. The summed E-state index contributed by atoms with van der Waals surface area (Å²) in [7, 11) is -3.45. The third kappa shape index (κ3) is 3.29. The molecule has 0 saturated heterocycles. The van der Waals surface area contributed by atoms with Crippen molar-refractivity contribution in [2.75, 3.05) is 6.54 Å².